The molecule has 2 atom stereocenters. The summed E-state index contributed by atoms with van der Waals surface area (Å²) in [4.78, 5) is 10.7. The maximum atomic E-state index is 10.7. The van der Waals surface area contributed by atoms with Crippen LogP contribution in [-0.2, 0) is 9.53 Å². The van der Waals surface area contributed by atoms with Gasteiger partial charge < -0.3 is 15.2 Å². The predicted octanol–water partition coefficient (Wildman–Crippen LogP) is 1.26. The van der Waals surface area contributed by atoms with Crippen LogP contribution in [0.25, 0.3) is 0 Å². The van der Waals surface area contributed by atoms with E-state index in [9.17, 15) is 4.79 Å². The van der Waals surface area contributed by atoms with Crippen molar-refractivity contribution in [3.63, 3.8) is 0 Å². The molecule has 0 aromatic carbocycles. The van der Waals surface area contributed by atoms with Gasteiger partial charge in [0.25, 0.3) is 0 Å². The lowest BCUT2D eigenvalue weighted by atomic mass is 9.79. The summed E-state index contributed by atoms with van der Waals surface area (Å²) in [6.07, 6.45) is 5.47. The summed E-state index contributed by atoms with van der Waals surface area (Å²) >= 11 is 0. The highest BCUT2D eigenvalue weighted by Crippen LogP contribution is 2.29. The zero-order valence-corrected chi connectivity index (χ0v) is 9.65. The van der Waals surface area contributed by atoms with Crippen LogP contribution in [0.3, 0.4) is 0 Å². The van der Waals surface area contributed by atoms with Crippen LogP contribution < -0.4 is 5.32 Å². The van der Waals surface area contributed by atoms with Crippen LogP contribution in [0.4, 0.5) is 0 Å². The largest absolute Gasteiger partial charge is 0.481 e. The Morgan fingerprint density at radius 1 is 1.31 bits per heavy atom. The summed E-state index contributed by atoms with van der Waals surface area (Å²) in [5, 5.41) is 12.1. The van der Waals surface area contributed by atoms with Crippen molar-refractivity contribution in [3.05, 3.63) is 0 Å². The van der Waals surface area contributed by atoms with E-state index in [-0.39, 0.29) is 12.0 Å². The smallest absolute Gasteiger partial charge is 0.308 e. The quantitative estimate of drug-likeness (QED) is 0.613. The molecule has 0 saturated heterocycles. The van der Waals surface area contributed by atoms with Gasteiger partial charge in [0.05, 0.1) is 5.92 Å². The number of nitrogens with one attached hydrogen (secondary N) is 1. The second kappa shape index (κ2) is 5.64. The lowest BCUT2D eigenvalue weighted by molar-refractivity contribution is -0.146. The molecule has 0 radical (unpaired) electrons. The molecule has 0 bridgehead atoms. The van der Waals surface area contributed by atoms with Gasteiger partial charge in [0.15, 0.2) is 0 Å². The van der Waals surface area contributed by atoms with Crippen molar-refractivity contribution in [2.24, 2.45) is 11.8 Å². The Morgan fingerprint density at radius 2 is 2.12 bits per heavy atom. The van der Waals surface area contributed by atoms with E-state index < -0.39 is 5.97 Å². The molecule has 92 valence electrons. The number of carboxylic acid groups (broad SMARTS) is 1. The molecule has 2 aliphatic carbocycles. The van der Waals surface area contributed by atoms with Crippen molar-refractivity contribution in [1.29, 1.82) is 0 Å². The van der Waals surface area contributed by atoms with Gasteiger partial charge in [-0.25, -0.2) is 0 Å². The Kier molecular flexibility index (Phi) is 4.18. The topological polar surface area (TPSA) is 58.6 Å². The second-order valence-corrected chi connectivity index (χ2v) is 4.95. The number of aliphatic carboxylic acids is 1. The molecule has 4 nitrogen and oxygen atoms in total. The molecule has 2 rings (SSSR count). The van der Waals surface area contributed by atoms with Crippen LogP contribution in [-0.4, -0.2) is 36.9 Å². The number of rotatable bonds is 8. The number of ether oxygens (including phenoxy) is 1. The van der Waals surface area contributed by atoms with Gasteiger partial charge in [-0.3, -0.25) is 4.79 Å². The normalized spacial score (nSPS) is 28.8. The molecule has 4 heteroatoms. The Balaban J connectivity index is 1.43. The van der Waals surface area contributed by atoms with Gasteiger partial charge in [-0.1, -0.05) is 0 Å². The Morgan fingerprint density at radius 3 is 2.69 bits per heavy atom. The summed E-state index contributed by atoms with van der Waals surface area (Å²) in [5.41, 5.74) is 0. The van der Waals surface area contributed by atoms with Crippen molar-refractivity contribution in [2.45, 2.75) is 38.1 Å². The highest BCUT2D eigenvalue weighted by atomic mass is 16.5. The molecule has 2 saturated carbocycles. The first-order valence-electron chi connectivity index (χ1n) is 6.31. The average molecular weight is 227 g/mol. The fraction of sp³-hybridized carbons (Fsp3) is 0.917. The Labute approximate surface area is 96.4 Å². The Hall–Kier alpha value is -0.610. The number of hydrogen-bond acceptors (Lipinski definition) is 3. The molecule has 0 aliphatic heterocycles. The molecule has 0 heterocycles. The van der Waals surface area contributed by atoms with Crippen molar-refractivity contribution in [3.8, 4) is 0 Å². The second-order valence-electron chi connectivity index (χ2n) is 4.95. The molecular formula is C12H21NO3. The van der Waals surface area contributed by atoms with E-state index in [0.717, 1.165) is 44.9 Å². The minimum absolute atomic E-state index is 0.160. The van der Waals surface area contributed by atoms with Crippen LogP contribution >= 0.6 is 0 Å². The van der Waals surface area contributed by atoms with Crippen LogP contribution in [0.5, 0.6) is 0 Å². The lowest BCUT2D eigenvalue weighted by Crippen LogP contribution is -2.48. The van der Waals surface area contributed by atoms with Crippen molar-refractivity contribution < 1.29 is 14.6 Å². The lowest BCUT2D eigenvalue weighted by Gasteiger charge is -2.34. The molecule has 0 aromatic rings. The molecule has 0 spiro atoms. The average Bonchev–Trinajstić information content (AvgIpc) is 2.97. The predicted molar refractivity (Wildman–Crippen MR) is 60.3 cm³/mol. The minimum atomic E-state index is -0.659. The van der Waals surface area contributed by atoms with E-state index in [2.05, 4.69) is 5.32 Å². The first-order valence-corrected chi connectivity index (χ1v) is 6.31. The van der Waals surface area contributed by atoms with Crippen LogP contribution in [0.15, 0.2) is 0 Å². The van der Waals surface area contributed by atoms with Gasteiger partial charge >= 0.3 is 5.97 Å². The SMILES string of the molecule is O=C(O)C1CCC1NCCCOCC1CC1. The summed E-state index contributed by atoms with van der Waals surface area (Å²) in [5.74, 6) is 0.0112. The first kappa shape index (κ1) is 11.9. The molecule has 2 fully saturated rings. The van der Waals surface area contributed by atoms with Gasteiger partial charge in [-0.05, 0) is 44.6 Å². The zero-order valence-electron chi connectivity index (χ0n) is 9.65. The molecule has 0 aromatic heterocycles. The summed E-state index contributed by atoms with van der Waals surface area (Å²) in [6, 6.07) is 0.195. The number of carboxylic acids is 1. The van der Waals surface area contributed by atoms with Crippen molar-refractivity contribution in [1.82, 2.24) is 5.32 Å². The maximum absolute atomic E-state index is 10.7. The van der Waals surface area contributed by atoms with Gasteiger partial charge in [-0.2, -0.15) is 0 Å². The highest BCUT2D eigenvalue weighted by molar-refractivity contribution is 5.72. The third kappa shape index (κ3) is 3.46. The summed E-state index contributed by atoms with van der Waals surface area (Å²) in [6.45, 7) is 2.59. The van der Waals surface area contributed by atoms with Crippen LogP contribution in [0, 0.1) is 11.8 Å². The van der Waals surface area contributed by atoms with E-state index in [1.165, 1.54) is 12.8 Å². The monoisotopic (exact) mass is 227 g/mol. The third-order valence-electron chi connectivity index (χ3n) is 3.51. The highest BCUT2D eigenvalue weighted by Gasteiger charge is 2.35. The molecule has 2 unspecified atom stereocenters. The molecule has 2 aliphatic rings. The van der Waals surface area contributed by atoms with Crippen molar-refractivity contribution >= 4 is 5.97 Å². The van der Waals surface area contributed by atoms with E-state index in [0.29, 0.717) is 0 Å². The fourth-order valence-corrected chi connectivity index (χ4v) is 2.04. The van der Waals surface area contributed by atoms with Gasteiger partial charge in [-0.15, -0.1) is 0 Å². The van der Waals surface area contributed by atoms with Crippen LogP contribution in [0.2, 0.25) is 0 Å². The van der Waals surface area contributed by atoms with E-state index in [1.807, 2.05) is 0 Å². The van der Waals surface area contributed by atoms with E-state index in [4.69, 9.17) is 9.84 Å². The summed E-state index contributed by atoms with van der Waals surface area (Å²) in [7, 11) is 0. The number of hydrogen-bond donors (Lipinski definition) is 2. The molecule has 2 N–H and O–H groups in total. The van der Waals surface area contributed by atoms with Crippen molar-refractivity contribution in [2.75, 3.05) is 19.8 Å². The fourth-order valence-electron chi connectivity index (χ4n) is 2.04. The standard InChI is InChI=1S/C12H21NO3/c14-12(15)10-4-5-11(10)13-6-1-7-16-8-9-2-3-9/h9-11,13H,1-8H2,(H,14,15). The van der Waals surface area contributed by atoms with Gasteiger partial charge in [0.1, 0.15) is 0 Å². The Bertz CT molecular complexity index is 240. The van der Waals surface area contributed by atoms with E-state index in [1.54, 1.807) is 0 Å². The first-order chi connectivity index (χ1) is 7.77. The van der Waals surface area contributed by atoms with Gasteiger partial charge in [0, 0.05) is 19.3 Å². The van der Waals surface area contributed by atoms with Gasteiger partial charge in [0.2, 0.25) is 0 Å². The zero-order chi connectivity index (χ0) is 11.4. The maximum Gasteiger partial charge on any atom is 0.308 e. The van der Waals surface area contributed by atoms with E-state index >= 15 is 0 Å². The minimum Gasteiger partial charge on any atom is -0.481 e. The molecule has 16 heavy (non-hydrogen) atoms. The summed E-state index contributed by atoms with van der Waals surface area (Å²) < 4.78 is 5.51. The molecule has 0 amide bonds. The molecular weight excluding hydrogens is 206 g/mol. The number of carbonyl (C=O) groups is 1. The van der Waals surface area contributed by atoms with Crippen LogP contribution in [0.1, 0.15) is 32.1 Å². The third-order valence-corrected chi connectivity index (χ3v) is 3.51.